The quantitative estimate of drug-likeness (QED) is 0.855. The van der Waals surface area contributed by atoms with Crippen molar-refractivity contribution in [3.05, 3.63) is 59.4 Å². The summed E-state index contributed by atoms with van der Waals surface area (Å²) in [5.41, 5.74) is -0.499. The van der Waals surface area contributed by atoms with Crippen LogP contribution < -0.4 is 5.32 Å². The maximum atomic E-state index is 13.6. The van der Waals surface area contributed by atoms with E-state index in [-0.39, 0.29) is 10.6 Å². The molecule has 0 saturated carbocycles. The molecule has 2 aromatic carbocycles. The van der Waals surface area contributed by atoms with Crippen molar-refractivity contribution < 1.29 is 26.4 Å². The van der Waals surface area contributed by atoms with Gasteiger partial charge in [-0.1, -0.05) is 0 Å². The molecule has 0 aliphatic carbocycles. The van der Waals surface area contributed by atoms with Crippen LogP contribution in [0.3, 0.4) is 0 Å². The topological polar surface area (TPSA) is 66.5 Å². The standard InChI is InChI=1S/C15H13F3N2O3S/c1-20(2)24(22,23)10-5-3-9(4-6-10)19-15(21)11-7-8-12(16)14(18)13(11)17/h3-8H,1-2H3,(H,19,21). The predicted octanol–water partition coefficient (Wildman–Crippen LogP) is 2.61. The minimum Gasteiger partial charge on any atom is -0.322 e. The summed E-state index contributed by atoms with van der Waals surface area (Å²) in [6.07, 6.45) is 0. The molecule has 1 N–H and O–H groups in total. The summed E-state index contributed by atoms with van der Waals surface area (Å²) < 4.78 is 64.4. The summed E-state index contributed by atoms with van der Waals surface area (Å²) in [4.78, 5) is 11.9. The second-order valence-corrected chi connectivity index (χ2v) is 7.14. The number of rotatable bonds is 4. The highest BCUT2D eigenvalue weighted by Gasteiger charge is 2.20. The zero-order valence-corrected chi connectivity index (χ0v) is 13.5. The van der Waals surface area contributed by atoms with E-state index >= 15 is 0 Å². The molecule has 0 aliphatic rings. The molecule has 0 heterocycles. The first-order valence-electron chi connectivity index (χ1n) is 6.62. The van der Waals surface area contributed by atoms with Crippen LogP contribution in [0.4, 0.5) is 18.9 Å². The van der Waals surface area contributed by atoms with Crippen molar-refractivity contribution in [2.24, 2.45) is 0 Å². The van der Waals surface area contributed by atoms with E-state index in [4.69, 9.17) is 0 Å². The van der Waals surface area contributed by atoms with E-state index in [1.54, 1.807) is 0 Å². The monoisotopic (exact) mass is 358 g/mol. The summed E-state index contributed by atoms with van der Waals surface area (Å²) in [5, 5.41) is 2.28. The van der Waals surface area contributed by atoms with Crippen LogP contribution in [-0.2, 0) is 10.0 Å². The van der Waals surface area contributed by atoms with Crippen LogP contribution in [0, 0.1) is 17.5 Å². The number of nitrogens with zero attached hydrogens (tertiary/aromatic N) is 1. The number of halogens is 3. The molecule has 24 heavy (non-hydrogen) atoms. The van der Waals surface area contributed by atoms with E-state index in [0.717, 1.165) is 10.4 Å². The van der Waals surface area contributed by atoms with Crippen LogP contribution in [0.2, 0.25) is 0 Å². The van der Waals surface area contributed by atoms with Crippen molar-refractivity contribution in [1.29, 1.82) is 0 Å². The molecule has 128 valence electrons. The number of hydrogen-bond acceptors (Lipinski definition) is 3. The Bertz CT molecular complexity index is 882. The van der Waals surface area contributed by atoms with Crippen LogP contribution in [0.1, 0.15) is 10.4 Å². The number of nitrogens with one attached hydrogen (secondary N) is 1. The van der Waals surface area contributed by atoms with Gasteiger partial charge in [0.05, 0.1) is 10.5 Å². The van der Waals surface area contributed by atoms with E-state index in [1.807, 2.05) is 0 Å². The molecule has 0 bridgehead atoms. The lowest BCUT2D eigenvalue weighted by molar-refractivity contribution is 0.102. The van der Waals surface area contributed by atoms with Gasteiger partial charge in [-0.25, -0.2) is 25.9 Å². The van der Waals surface area contributed by atoms with Gasteiger partial charge >= 0.3 is 0 Å². The Hall–Kier alpha value is -2.39. The van der Waals surface area contributed by atoms with Gasteiger partial charge in [0.15, 0.2) is 17.5 Å². The van der Waals surface area contributed by atoms with Crippen molar-refractivity contribution in [3.63, 3.8) is 0 Å². The molecule has 0 unspecified atom stereocenters. The zero-order valence-electron chi connectivity index (χ0n) is 12.7. The second-order valence-electron chi connectivity index (χ2n) is 4.99. The van der Waals surface area contributed by atoms with E-state index in [2.05, 4.69) is 5.32 Å². The maximum Gasteiger partial charge on any atom is 0.258 e. The van der Waals surface area contributed by atoms with Crippen LogP contribution in [0.15, 0.2) is 41.3 Å². The lowest BCUT2D eigenvalue weighted by Gasteiger charge is -2.12. The van der Waals surface area contributed by atoms with Gasteiger partial charge in [-0.05, 0) is 36.4 Å². The molecule has 5 nitrogen and oxygen atoms in total. The molecule has 2 rings (SSSR count). The number of sulfonamides is 1. The largest absolute Gasteiger partial charge is 0.322 e. The lowest BCUT2D eigenvalue weighted by Crippen LogP contribution is -2.22. The van der Waals surface area contributed by atoms with Gasteiger partial charge in [-0.3, -0.25) is 4.79 Å². The molecular formula is C15H13F3N2O3S. The average molecular weight is 358 g/mol. The highest BCUT2D eigenvalue weighted by molar-refractivity contribution is 7.89. The van der Waals surface area contributed by atoms with Crippen molar-refractivity contribution >= 4 is 21.6 Å². The minimum atomic E-state index is -3.62. The van der Waals surface area contributed by atoms with Gasteiger partial charge in [0.1, 0.15) is 0 Å². The molecular weight excluding hydrogens is 345 g/mol. The fraction of sp³-hybridized carbons (Fsp3) is 0.133. The first-order chi connectivity index (χ1) is 11.1. The Morgan fingerprint density at radius 2 is 1.54 bits per heavy atom. The number of benzene rings is 2. The lowest BCUT2D eigenvalue weighted by atomic mass is 10.1. The predicted molar refractivity (Wildman–Crippen MR) is 81.6 cm³/mol. The normalized spacial score (nSPS) is 11.6. The zero-order chi connectivity index (χ0) is 18.1. The Labute approximate surface area is 136 Å². The smallest absolute Gasteiger partial charge is 0.258 e. The molecule has 2 aromatic rings. The fourth-order valence-electron chi connectivity index (χ4n) is 1.82. The van der Waals surface area contributed by atoms with E-state index in [1.165, 1.54) is 38.4 Å². The molecule has 0 saturated heterocycles. The molecule has 1 amide bonds. The van der Waals surface area contributed by atoms with Gasteiger partial charge in [0.2, 0.25) is 10.0 Å². The summed E-state index contributed by atoms with van der Waals surface area (Å²) in [6.45, 7) is 0. The Morgan fingerprint density at radius 1 is 0.958 bits per heavy atom. The van der Waals surface area contributed by atoms with Gasteiger partial charge < -0.3 is 5.32 Å². The fourth-order valence-corrected chi connectivity index (χ4v) is 2.72. The molecule has 9 heteroatoms. The first-order valence-corrected chi connectivity index (χ1v) is 8.06. The van der Waals surface area contributed by atoms with Crippen LogP contribution in [-0.4, -0.2) is 32.7 Å². The Morgan fingerprint density at radius 3 is 2.08 bits per heavy atom. The maximum absolute atomic E-state index is 13.6. The van der Waals surface area contributed by atoms with Crippen molar-refractivity contribution in [2.45, 2.75) is 4.90 Å². The molecule has 0 fully saturated rings. The van der Waals surface area contributed by atoms with E-state index in [9.17, 15) is 26.4 Å². The molecule has 0 radical (unpaired) electrons. The van der Waals surface area contributed by atoms with Crippen LogP contribution >= 0.6 is 0 Å². The van der Waals surface area contributed by atoms with Gasteiger partial charge in [-0.2, -0.15) is 0 Å². The second kappa shape index (κ2) is 6.62. The highest BCUT2D eigenvalue weighted by atomic mass is 32.2. The van der Waals surface area contributed by atoms with Crippen molar-refractivity contribution in [1.82, 2.24) is 4.31 Å². The average Bonchev–Trinajstić information content (AvgIpc) is 2.53. The molecule has 0 aliphatic heterocycles. The van der Waals surface area contributed by atoms with Gasteiger partial charge in [0, 0.05) is 19.8 Å². The number of anilines is 1. The first kappa shape index (κ1) is 18.0. The highest BCUT2D eigenvalue weighted by Crippen LogP contribution is 2.19. The number of amides is 1. The number of hydrogen-bond donors (Lipinski definition) is 1. The minimum absolute atomic E-state index is 0.00417. The SMILES string of the molecule is CN(C)S(=O)(=O)c1ccc(NC(=O)c2ccc(F)c(F)c2F)cc1. The van der Waals surface area contributed by atoms with E-state index in [0.29, 0.717) is 6.07 Å². The number of carbonyl (C=O) groups excluding carboxylic acids is 1. The van der Waals surface area contributed by atoms with Crippen molar-refractivity contribution in [2.75, 3.05) is 19.4 Å². The Kier molecular flexibility index (Phi) is 4.95. The van der Waals surface area contributed by atoms with Crippen molar-refractivity contribution in [3.8, 4) is 0 Å². The van der Waals surface area contributed by atoms with Crippen LogP contribution in [0.5, 0.6) is 0 Å². The third-order valence-electron chi connectivity index (χ3n) is 3.17. The van der Waals surface area contributed by atoms with Crippen LogP contribution in [0.25, 0.3) is 0 Å². The summed E-state index contributed by atoms with van der Waals surface area (Å²) >= 11 is 0. The molecule has 0 atom stereocenters. The third-order valence-corrected chi connectivity index (χ3v) is 5.00. The number of carbonyl (C=O) groups is 1. The molecule has 0 spiro atoms. The summed E-state index contributed by atoms with van der Waals surface area (Å²) in [7, 11) is -0.878. The summed E-state index contributed by atoms with van der Waals surface area (Å²) in [6, 6.07) is 6.56. The Balaban J connectivity index is 2.24. The van der Waals surface area contributed by atoms with E-state index < -0.39 is 38.9 Å². The van der Waals surface area contributed by atoms with Gasteiger partial charge in [0.25, 0.3) is 5.91 Å². The molecule has 0 aromatic heterocycles. The third kappa shape index (κ3) is 3.41. The summed E-state index contributed by atoms with van der Waals surface area (Å²) in [5.74, 6) is -5.73. The van der Waals surface area contributed by atoms with Gasteiger partial charge in [-0.15, -0.1) is 0 Å².